The Labute approximate surface area is 116 Å². The van der Waals surface area contributed by atoms with E-state index in [4.69, 9.17) is 4.74 Å². The second kappa shape index (κ2) is 5.22. The van der Waals surface area contributed by atoms with E-state index in [2.05, 4.69) is 30.2 Å². The Morgan fingerprint density at radius 1 is 1.50 bits per heavy atom. The number of imidazole rings is 1. The molecule has 1 aliphatic rings. The maximum Gasteiger partial charge on any atom is 0.226 e. The van der Waals surface area contributed by atoms with Crippen LogP contribution in [0.2, 0.25) is 0 Å². The van der Waals surface area contributed by atoms with E-state index in [1.807, 2.05) is 6.92 Å². The molecule has 0 saturated carbocycles. The zero-order chi connectivity index (χ0) is 14.1. The Balaban J connectivity index is 2.01. The summed E-state index contributed by atoms with van der Waals surface area (Å²) < 4.78 is 5.66. The van der Waals surface area contributed by atoms with Crippen LogP contribution in [-0.2, 0) is 4.74 Å². The topological polar surface area (TPSA) is 99.2 Å². The molecule has 0 bridgehead atoms. The first kappa shape index (κ1) is 13.1. The van der Waals surface area contributed by atoms with Gasteiger partial charge in [-0.25, -0.2) is 4.98 Å². The van der Waals surface area contributed by atoms with Crippen LogP contribution in [0.3, 0.4) is 0 Å². The van der Waals surface area contributed by atoms with Gasteiger partial charge in [0, 0.05) is 20.1 Å². The van der Waals surface area contributed by atoms with Crippen LogP contribution in [-0.4, -0.2) is 64.0 Å². The van der Waals surface area contributed by atoms with Crippen LogP contribution in [0.5, 0.6) is 0 Å². The number of aromatic amines is 1. The molecule has 1 fully saturated rings. The smallest absolute Gasteiger partial charge is 0.226 e. The molecule has 1 saturated heterocycles. The van der Waals surface area contributed by atoms with Gasteiger partial charge >= 0.3 is 0 Å². The second-order valence-corrected chi connectivity index (χ2v) is 4.88. The number of ether oxygens (including phenoxy) is 1. The van der Waals surface area contributed by atoms with Gasteiger partial charge in [-0.3, -0.25) is 0 Å². The van der Waals surface area contributed by atoms with E-state index in [1.54, 1.807) is 13.4 Å². The maximum atomic E-state index is 9.33. The van der Waals surface area contributed by atoms with Gasteiger partial charge in [0.2, 0.25) is 5.95 Å². The molecule has 8 heteroatoms. The highest BCUT2D eigenvalue weighted by molar-refractivity contribution is 5.84. The lowest BCUT2D eigenvalue weighted by Crippen LogP contribution is -2.48. The first-order chi connectivity index (χ1) is 9.71. The summed E-state index contributed by atoms with van der Waals surface area (Å²) in [5.41, 5.74) is 1.42. The van der Waals surface area contributed by atoms with Crippen molar-refractivity contribution in [3.63, 3.8) is 0 Å². The number of anilines is 2. The number of rotatable bonds is 3. The Bertz CT molecular complexity index is 601. The lowest BCUT2D eigenvalue weighted by Gasteiger charge is -2.36. The van der Waals surface area contributed by atoms with Crippen LogP contribution in [0.4, 0.5) is 11.8 Å². The van der Waals surface area contributed by atoms with E-state index in [1.165, 1.54) is 0 Å². The molecule has 2 atom stereocenters. The molecule has 8 nitrogen and oxygen atoms in total. The third kappa shape index (κ3) is 2.27. The van der Waals surface area contributed by atoms with Crippen molar-refractivity contribution in [2.75, 3.05) is 37.0 Å². The van der Waals surface area contributed by atoms with E-state index in [9.17, 15) is 5.11 Å². The molecule has 0 aliphatic carbocycles. The number of morpholine rings is 1. The molecule has 108 valence electrons. The number of nitrogens with one attached hydrogen (secondary N) is 2. The van der Waals surface area contributed by atoms with Crippen molar-refractivity contribution in [2.24, 2.45) is 0 Å². The molecule has 1 aliphatic heterocycles. The van der Waals surface area contributed by atoms with Crippen LogP contribution in [0.1, 0.15) is 6.92 Å². The van der Waals surface area contributed by atoms with Crippen LogP contribution >= 0.6 is 0 Å². The van der Waals surface area contributed by atoms with E-state index in [-0.39, 0.29) is 18.8 Å². The molecule has 20 heavy (non-hydrogen) atoms. The zero-order valence-electron chi connectivity index (χ0n) is 11.5. The van der Waals surface area contributed by atoms with Gasteiger partial charge in [0.25, 0.3) is 0 Å². The SMILES string of the molecule is CNc1nc(N2CC(C)OC(CO)C2)c2[nH]cnc2n1. The molecule has 3 rings (SSSR count). The zero-order valence-corrected chi connectivity index (χ0v) is 11.5. The first-order valence-electron chi connectivity index (χ1n) is 6.61. The highest BCUT2D eigenvalue weighted by atomic mass is 16.5. The predicted octanol–water partition coefficient (Wildman–Crippen LogP) is -0.0194. The summed E-state index contributed by atoms with van der Waals surface area (Å²) >= 11 is 0. The van der Waals surface area contributed by atoms with Gasteiger partial charge in [-0.05, 0) is 6.92 Å². The summed E-state index contributed by atoms with van der Waals surface area (Å²) in [5, 5.41) is 12.3. The Kier molecular flexibility index (Phi) is 3.41. The average molecular weight is 278 g/mol. The van der Waals surface area contributed by atoms with E-state index in [0.717, 1.165) is 11.3 Å². The molecule has 0 spiro atoms. The fourth-order valence-corrected chi connectivity index (χ4v) is 2.48. The predicted molar refractivity (Wildman–Crippen MR) is 74.9 cm³/mol. The summed E-state index contributed by atoms with van der Waals surface area (Å²) in [6.07, 6.45) is 1.44. The average Bonchev–Trinajstić information content (AvgIpc) is 2.93. The van der Waals surface area contributed by atoms with Crippen LogP contribution in [0.15, 0.2) is 6.33 Å². The molecular weight excluding hydrogens is 260 g/mol. The molecule has 0 aromatic carbocycles. The molecule has 0 radical (unpaired) electrons. The number of aliphatic hydroxyl groups excluding tert-OH is 1. The van der Waals surface area contributed by atoms with Gasteiger partial charge in [-0.2, -0.15) is 9.97 Å². The minimum atomic E-state index is -0.204. The fourth-order valence-electron chi connectivity index (χ4n) is 2.48. The highest BCUT2D eigenvalue weighted by Crippen LogP contribution is 2.25. The monoisotopic (exact) mass is 278 g/mol. The summed E-state index contributed by atoms with van der Waals surface area (Å²) in [4.78, 5) is 18.2. The van der Waals surface area contributed by atoms with Crippen molar-refractivity contribution in [3.05, 3.63) is 6.33 Å². The number of H-pyrrole nitrogens is 1. The number of nitrogens with zero attached hydrogens (tertiary/aromatic N) is 4. The molecule has 3 heterocycles. The van der Waals surface area contributed by atoms with Crippen molar-refractivity contribution in [2.45, 2.75) is 19.1 Å². The lowest BCUT2D eigenvalue weighted by atomic mass is 10.2. The van der Waals surface area contributed by atoms with Gasteiger partial charge < -0.3 is 25.0 Å². The lowest BCUT2D eigenvalue weighted by molar-refractivity contribution is -0.0422. The standard InChI is InChI=1S/C12H18N6O2/c1-7-3-18(4-8(5-19)20-7)11-9-10(15-6-14-9)16-12(13-2)17-11/h6-8,19H,3-5H2,1-2H3,(H2,13,14,15,16,17). The first-order valence-corrected chi connectivity index (χ1v) is 6.61. The van der Waals surface area contributed by atoms with Crippen LogP contribution < -0.4 is 10.2 Å². The summed E-state index contributed by atoms with van der Waals surface area (Å²) in [5.74, 6) is 1.31. The third-order valence-corrected chi connectivity index (χ3v) is 3.32. The molecule has 2 aromatic heterocycles. The highest BCUT2D eigenvalue weighted by Gasteiger charge is 2.27. The van der Waals surface area contributed by atoms with Crippen molar-refractivity contribution in [1.82, 2.24) is 19.9 Å². The largest absolute Gasteiger partial charge is 0.394 e. The third-order valence-electron chi connectivity index (χ3n) is 3.32. The second-order valence-electron chi connectivity index (χ2n) is 4.88. The molecular formula is C12H18N6O2. The number of fused-ring (bicyclic) bond motifs is 1. The van der Waals surface area contributed by atoms with Gasteiger partial charge in [0.05, 0.1) is 25.1 Å². The van der Waals surface area contributed by atoms with E-state index < -0.39 is 0 Å². The Morgan fingerprint density at radius 2 is 2.35 bits per heavy atom. The van der Waals surface area contributed by atoms with E-state index in [0.29, 0.717) is 24.7 Å². The van der Waals surface area contributed by atoms with Crippen molar-refractivity contribution >= 4 is 22.9 Å². The van der Waals surface area contributed by atoms with Gasteiger partial charge in [-0.1, -0.05) is 0 Å². The van der Waals surface area contributed by atoms with Gasteiger partial charge in [0.15, 0.2) is 11.5 Å². The molecule has 2 aromatic rings. The van der Waals surface area contributed by atoms with Crippen molar-refractivity contribution in [3.8, 4) is 0 Å². The number of aromatic nitrogens is 4. The number of hydrogen-bond acceptors (Lipinski definition) is 7. The molecule has 3 N–H and O–H groups in total. The molecule has 0 amide bonds. The molecule has 2 unspecified atom stereocenters. The quantitative estimate of drug-likeness (QED) is 0.725. The number of hydrogen-bond donors (Lipinski definition) is 3. The van der Waals surface area contributed by atoms with Crippen LogP contribution in [0.25, 0.3) is 11.2 Å². The minimum Gasteiger partial charge on any atom is -0.394 e. The minimum absolute atomic E-state index is 0.00305. The van der Waals surface area contributed by atoms with Gasteiger partial charge in [0.1, 0.15) is 5.52 Å². The number of aliphatic hydroxyl groups is 1. The normalized spacial score (nSPS) is 23.2. The maximum absolute atomic E-state index is 9.33. The summed E-state index contributed by atoms with van der Waals surface area (Å²) in [6, 6.07) is 0. The van der Waals surface area contributed by atoms with Crippen molar-refractivity contribution in [1.29, 1.82) is 0 Å². The Hall–Kier alpha value is -1.93. The van der Waals surface area contributed by atoms with E-state index >= 15 is 0 Å². The van der Waals surface area contributed by atoms with Gasteiger partial charge in [-0.15, -0.1) is 0 Å². The summed E-state index contributed by atoms with van der Waals surface area (Å²) in [7, 11) is 1.77. The fraction of sp³-hybridized carbons (Fsp3) is 0.583. The van der Waals surface area contributed by atoms with Crippen LogP contribution in [0, 0.1) is 0 Å². The Morgan fingerprint density at radius 3 is 3.10 bits per heavy atom. The summed E-state index contributed by atoms with van der Waals surface area (Å²) in [6.45, 7) is 3.29. The van der Waals surface area contributed by atoms with Crippen molar-refractivity contribution < 1.29 is 9.84 Å².